The van der Waals surface area contributed by atoms with Crippen molar-refractivity contribution in [2.75, 3.05) is 0 Å². The maximum atomic E-state index is 6.05. The number of halogens is 1. The molecule has 0 spiro atoms. The van der Waals surface area contributed by atoms with Crippen LogP contribution in [0.4, 0.5) is 0 Å². The highest BCUT2D eigenvalue weighted by atomic mass is 35.5. The van der Waals surface area contributed by atoms with Gasteiger partial charge in [-0.2, -0.15) is 0 Å². The lowest BCUT2D eigenvalue weighted by Crippen LogP contribution is -2.11. The minimum atomic E-state index is 0.0578. The van der Waals surface area contributed by atoms with Crippen molar-refractivity contribution in [2.24, 2.45) is 0 Å². The number of aryl methyl sites for hydroxylation is 2. The summed E-state index contributed by atoms with van der Waals surface area (Å²) in [6.45, 7) is 5.97. The average molecular weight is 291 g/mol. The van der Waals surface area contributed by atoms with Crippen molar-refractivity contribution < 1.29 is 4.52 Å². The summed E-state index contributed by atoms with van der Waals surface area (Å²) in [7, 11) is 0. The number of imidazole rings is 1. The van der Waals surface area contributed by atoms with Gasteiger partial charge in [-0.3, -0.25) is 4.98 Å². The molecule has 0 fully saturated rings. The van der Waals surface area contributed by atoms with Gasteiger partial charge in [0.25, 0.3) is 0 Å². The average Bonchev–Trinajstić information content (AvgIpc) is 2.98. The SMILES string of the molecule is Cc1noc(C)c1C(C)n1c(CCl)nc2cnccc21. The Balaban J connectivity index is 2.23. The van der Waals surface area contributed by atoms with Crippen molar-refractivity contribution in [3.8, 4) is 0 Å². The van der Waals surface area contributed by atoms with E-state index in [1.54, 1.807) is 12.4 Å². The van der Waals surface area contributed by atoms with Gasteiger partial charge in [-0.25, -0.2) is 4.98 Å². The van der Waals surface area contributed by atoms with Crippen molar-refractivity contribution in [1.29, 1.82) is 0 Å². The van der Waals surface area contributed by atoms with Crippen LogP contribution >= 0.6 is 11.6 Å². The van der Waals surface area contributed by atoms with E-state index in [2.05, 4.69) is 26.6 Å². The van der Waals surface area contributed by atoms with E-state index in [1.165, 1.54) is 0 Å². The Hall–Kier alpha value is -1.88. The zero-order chi connectivity index (χ0) is 14.3. The highest BCUT2D eigenvalue weighted by Gasteiger charge is 2.22. The molecule has 20 heavy (non-hydrogen) atoms. The molecule has 0 saturated carbocycles. The largest absolute Gasteiger partial charge is 0.361 e. The van der Waals surface area contributed by atoms with Crippen LogP contribution in [0.2, 0.25) is 0 Å². The Morgan fingerprint density at radius 1 is 1.40 bits per heavy atom. The summed E-state index contributed by atoms with van der Waals surface area (Å²) in [6.07, 6.45) is 3.51. The molecule has 6 heteroatoms. The van der Waals surface area contributed by atoms with Crippen molar-refractivity contribution >= 4 is 22.6 Å². The zero-order valence-corrected chi connectivity index (χ0v) is 12.3. The molecule has 1 atom stereocenters. The van der Waals surface area contributed by atoms with Crippen molar-refractivity contribution in [2.45, 2.75) is 32.7 Å². The van der Waals surface area contributed by atoms with Gasteiger partial charge < -0.3 is 9.09 Å². The molecule has 0 bridgehead atoms. The molecule has 0 radical (unpaired) electrons. The van der Waals surface area contributed by atoms with Crippen molar-refractivity contribution in [3.05, 3.63) is 41.3 Å². The van der Waals surface area contributed by atoms with E-state index in [4.69, 9.17) is 16.1 Å². The number of aromatic nitrogens is 4. The molecule has 0 saturated heterocycles. The molecule has 3 aromatic heterocycles. The van der Waals surface area contributed by atoms with E-state index < -0.39 is 0 Å². The second kappa shape index (κ2) is 4.90. The first kappa shape index (κ1) is 13.1. The molecule has 0 aliphatic heterocycles. The summed E-state index contributed by atoms with van der Waals surface area (Å²) < 4.78 is 7.39. The lowest BCUT2D eigenvalue weighted by Gasteiger charge is -2.16. The molecule has 3 aromatic rings. The highest BCUT2D eigenvalue weighted by molar-refractivity contribution is 6.16. The van der Waals surface area contributed by atoms with Crippen LogP contribution in [0.15, 0.2) is 23.0 Å². The summed E-state index contributed by atoms with van der Waals surface area (Å²) in [6, 6.07) is 2.01. The fourth-order valence-electron chi connectivity index (χ4n) is 2.74. The Labute approximate surface area is 121 Å². The van der Waals surface area contributed by atoms with Crippen LogP contribution in [-0.2, 0) is 5.88 Å². The Morgan fingerprint density at radius 3 is 2.85 bits per heavy atom. The molecule has 0 aliphatic carbocycles. The third-order valence-electron chi connectivity index (χ3n) is 3.58. The van der Waals surface area contributed by atoms with E-state index in [-0.39, 0.29) is 6.04 Å². The molecule has 0 amide bonds. The molecule has 0 aromatic carbocycles. The van der Waals surface area contributed by atoms with E-state index in [9.17, 15) is 0 Å². The fourth-order valence-corrected chi connectivity index (χ4v) is 2.93. The number of nitrogens with zero attached hydrogens (tertiary/aromatic N) is 4. The van der Waals surface area contributed by atoms with E-state index >= 15 is 0 Å². The summed E-state index contributed by atoms with van der Waals surface area (Å²) in [5.74, 6) is 2.00. The van der Waals surface area contributed by atoms with Crippen LogP contribution < -0.4 is 0 Å². The number of pyridine rings is 1. The molecule has 0 aliphatic rings. The van der Waals surface area contributed by atoms with Crippen LogP contribution in [0.1, 0.15) is 35.8 Å². The summed E-state index contributed by atoms with van der Waals surface area (Å²) in [4.78, 5) is 8.65. The molecule has 5 nitrogen and oxygen atoms in total. The number of hydrogen-bond acceptors (Lipinski definition) is 4. The minimum absolute atomic E-state index is 0.0578. The molecule has 3 rings (SSSR count). The summed E-state index contributed by atoms with van der Waals surface area (Å²) >= 11 is 6.05. The van der Waals surface area contributed by atoms with Crippen LogP contribution in [0.3, 0.4) is 0 Å². The smallest absolute Gasteiger partial charge is 0.139 e. The lowest BCUT2D eigenvalue weighted by molar-refractivity contribution is 0.391. The van der Waals surface area contributed by atoms with Gasteiger partial charge in [0.2, 0.25) is 0 Å². The maximum absolute atomic E-state index is 6.05. The topological polar surface area (TPSA) is 56.7 Å². The standard InChI is InChI=1S/C14H15ClN4O/c1-8-14(10(3)20-18-8)9(2)19-12-4-5-16-7-11(12)17-13(19)6-15/h4-5,7,9H,6H2,1-3H3. The maximum Gasteiger partial charge on any atom is 0.139 e. The second-order valence-corrected chi connectivity index (χ2v) is 5.08. The van der Waals surface area contributed by atoms with E-state index in [0.29, 0.717) is 5.88 Å². The third-order valence-corrected chi connectivity index (χ3v) is 3.82. The Kier molecular flexibility index (Phi) is 3.22. The van der Waals surface area contributed by atoms with Gasteiger partial charge >= 0.3 is 0 Å². The van der Waals surface area contributed by atoms with Crippen molar-refractivity contribution in [3.63, 3.8) is 0 Å². The minimum Gasteiger partial charge on any atom is -0.361 e. The van der Waals surface area contributed by atoms with E-state index in [0.717, 1.165) is 33.9 Å². The fraction of sp³-hybridized carbons (Fsp3) is 0.357. The van der Waals surface area contributed by atoms with Gasteiger partial charge in [0.05, 0.1) is 29.3 Å². The number of alkyl halides is 1. The highest BCUT2D eigenvalue weighted by Crippen LogP contribution is 2.30. The number of fused-ring (bicyclic) bond motifs is 1. The van der Waals surface area contributed by atoms with Crippen LogP contribution in [0.25, 0.3) is 11.0 Å². The van der Waals surface area contributed by atoms with Crippen molar-refractivity contribution in [1.82, 2.24) is 19.7 Å². The van der Waals surface area contributed by atoms with Gasteiger partial charge in [-0.15, -0.1) is 11.6 Å². The number of hydrogen-bond donors (Lipinski definition) is 0. The predicted octanol–water partition coefficient (Wildman–Crippen LogP) is 3.38. The van der Waals surface area contributed by atoms with Crippen LogP contribution in [0, 0.1) is 13.8 Å². The van der Waals surface area contributed by atoms with Gasteiger partial charge in [-0.05, 0) is 26.8 Å². The van der Waals surface area contributed by atoms with Gasteiger partial charge in [-0.1, -0.05) is 5.16 Å². The first-order valence-electron chi connectivity index (χ1n) is 6.43. The third kappa shape index (κ3) is 1.89. The Morgan fingerprint density at radius 2 is 2.20 bits per heavy atom. The van der Waals surface area contributed by atoms with E-state index in [1.807, 2.05) is 19.9 Å². The van der Waals surface area contributed by atoms with Gasteiger partial charge in [0, 0.05) is 11.8 Å². The Bertz CT molecular complexity index is 742. The van der Waals surface area contributed by atoms with Crippen LogP contribution in [-0.4, -0.2) is 19.7 Å². The van der Waals surface area contributed by atoms with Gasteiger partial charge in [0.1, 0.15) is 17.1 Å². The summed E-state index contributed by atoms with van der Waals surface area (Å²) in [5, 5.41) is 4.03. The second-order valence-electron chi connectivity index (χ2n) is 4.81. The summed E-state index contributed by atoms with van der Waals surface area (Å²) in [5.41, 5.74) is 3.84. The molecule has 3 heterocycles. The number of rotatable bonds is 3. The lowest BCUT2D eigenvalue weighted by atomic mass is 10.1. The quantitative estimate of drug-likeness (QED) is 0.694. The molecule has 1 unspecified atom stereocenters. The first-order valence-corrected chi connectivity index (χ1v) is 6.96. The molecule has 0 N–H and O–H groups in total. The van der Waals surface area contributed by atoms with Crippen LogP contribution in [0.5, 0.6) is 0 Å². The van der Waals surface area contributed by atoms with Gasteiger partial charge in [0.15, 0.2) is 0 Å². The normalized spacial score (nSPS) is 13.0. The predicted molar refractivity (Wildman–Crippen MR) is 76.9 cm³/mol. The monoisotopic (exact) mass is 290 g/mol. The molecule has 104 valence electrons. The molecular weight excluding hydrogens is 276 g/mol. The zero-order valence-electron chi connectivity index (χ0n) is 11.6. The first-order chi connectivity index (χ1) is 9.63. The molecular formula is C14H15ClN4O.